The number of para-hydroxylation sites is 1. The Kier molecular flexibility index (Phi) is 7.42. The molecule has 0 spiro atoms. The average molecular weight is 389 g/mol. The number of amides is 1. The van der Waals surface area contributed by atoms with Gasteiger partial charge in [0.15, 0.2) is 0 Å². The minimum atomic E-state index is -3.50. The van der Waals surface area contributed by atoms with Crippen LogP contribution in [0.15, 0.2) is 54.6 Å². The molecule has 0 aromatic heterocycles. The maximum atomic E-state index is 12.8. The van der Waals surface area contributed by atoms with Crippen molar-refractivity contribution >= 4 is 21.6 Å². The molecule has 1 atom stereocenters. The first-order chi connectivity index (χ1) is 12.8. The van der Waals surface area contributed by atoms with Gasteiger partial charge in [-0.2, -0.15) is 0 Å². The summed E-state index contributed by atoms with van der Waals surface area (Å²) >= 11 is 0. The normalized spacial score (nSPS) is 12.6. The molecule has 5 nitrogen and oxygen atoms in total. The van der Waals surface area contributed by atoms with E-state index in [0.717, 1.165) is 12.0 Å². The van der Waals surface area contributed by atoms with Crippen LogP contribution in [0.2, 0.25) is 0 Å². The van der Waals surface area contributed by atoms with Crippen LogP contribution in [0.5, 0.6) is 0 Å². The summed E-state index contributed by atoms with van der Waals surface area (Å²) in [6.45, 7) is 5.95. The van der Waals surface area contributed by atoms with Crippen LogP contribution in [0.4, 0.5) is 5.69 Å². The minimum Gasteiger partial charge on any atom is -0.345 e. The third-order valence-corrected chi connectivity index (χ3v) is 5.62. The molecule has 2 rings (SSSR count). The fourth-order valence-electron chi connectivity index (χ4n) is 2.72. The van der Waals surface area contributed by atoms with E-state index in [1.807, 2.05) is 51.1 Å². The monoisotopic (exact) mass is 388 g/mol. The second kappa shape index (κ2) is 9.55. The van der Waals surface area contributed by atoms with Gasteiger partial charge in [-0.25, -0.2) is 8.42 Å². The molecule has 2 N–H and O–H groups in total. The van der Waals surface area contributed by atoms with Crippen LogP contribution in [-0.4, -0.2) is 20.1 Å². The number of anilines is 1. The quantitative estimate of drug-likeness (QED) is 0.670. The zero-order valence-corrected chi connectivity index (χ0v) is 16.9. The van der Waals surface area contributed by atoms with Crippen molar-refractivity contribution in [1.29, 1.82) is 0 Å². The van der Waals surface area contributed by atoms with E-state index in [4.69, 9.17) is 0 Å². The maximum Gasteiger partial charge on any atom is 0.253 e. The molecule has 0 bridgehead atoms. The summed E-state index contributed by atoms with van der Waals surface area (Å²) in [4.78, 5) is 12.8. The molecule has 0 fully saturated rings. The first-order valence-corrected chi connectivity index (χ1v) is 10.9. The Morgan fingerprint density at radius 1 is 1.00 bits per heavy atom. The number of hydrogen-bond acceptors (Lipinski definition) is 3. The van der Waals surface area contributed by atoms with Crippen LogP contribution in [0.25, 0.3) is 0 Å². The van der Waals surface area contributed by atoms with Gasteiger partial charge < -0.3 is 5.32 Å². The minimum absolute atomic E-state index is 0.0300. The predicted octanol–water partition coefficient (Wildman–Crippen LogP) is 4.36. The van der Waals surface area contributed by atoms with Gasteiger partial charge in [0.2, 0.25) is 10.0 Å². The third kappa shape index (κ3) is 6.40. The average Bonchev–Trinajstić information content (AvgIpc) is 2.65. The molecule has 2 aromatic carbocycles. The van der Waals surface area contributed by atoms with E-state index in [1.165, 1.54) is 0 Å². The number of nitrogens with one attached hydrogen (secondary N) is 2. The summed E-state index contributed by atoms with van der Waals surface area (Å²) < 4.78 is 27.2. The standard InChI is InChI=1S/C21H28N2O3S/c1-4-19(17-10-6-5-7-11-17)22-21(24)18-12-8-9-13-20(18)23-27(25,26)15-14-16(2)3/h5-13,16,19,23H,4,14-15H2,1-3H3,(H,22,24)/t19-/m0/s1. The molecule has 0 aliphatic carbocycles. The Morgan fingerprint density at radius 3 is 2.26 bits per heavy atom. The Morgan fingerprint density at radius 2 is 1.63 bits per heavy atom. The Hall–Kier alpha value is -2.34. The van der Waals surface area contributed by atoms with Crippen LogP contribution in [-0.2, 0) is 10.0 Å². The van der Waals surface area contributed by atoms with Crippen LogP contribution < -0.4 is 10.0 Å². The predicted molar refractivity (Wildman–Crippen MR) is 110 cm³/mol. The van der Waals surface area contributed by atoms with Crippen molar-refractivity contribution < 1.29 is 13.2 Å². The van der Waals surface area contributed by atoms with Gasteiger partial charge in [-0.3, -0.25) is 9.52 Å². The lowest BCUT2D eigenvalue weighted by atomic mass is 10.0. The van der Waals surface area contributed by atoms with E-state index in [2.05, 4.69) is 10.0 Å². The van der Waals surface area contributed by atoms with Crippen molar-refractivity contribution in [1.82, 2.24) is 5.32 Å². The van der Waals surface area contributed by atoms with Gasteiger partial charge in [0.1, 0.15) is 0 Å². The molecule has 0 saturated heterocycles. The molecule has 0 heterocycles. The molecule has 2 aromatic rings. The molecule has 1 amide bonds. The number of hydrogen-bond donors (Lipinski definition) is 2. The van der Waals surface area contributed by atoms with Gasteiger partial charge >= 0.3 is 0 Å². The van der Waals surface area contributed by atoms with Gasteiger partial charge in [-0.05, 0) is 36.5 Å². The lowest BCUT2D eigenvalue weighted by Crippen LogP contribution is -2.29. The van der Waals surface area contributed by atoms with Gasteiger partial charge in [-0.1, -0.05) is 63.2 Å². The van der Waals surface area contributed by atoms with Gasteiger partial charge in [0.05, 0.1) is 23.0 Å². The lowest BCUT2D eigenvalue weighted by Gasteiger charge is -2.19. The second-order valence-corrected chi connectivity index (χ2v) is 8.84. The van der Waals surface area contributed by atoms with E-state index in [-0.39, 0.29) is 23.6 Å². The number of benzene rings is 2. The molecule has 0 unspecified atom stereocenters. The zero-order chi connectivity index (χ0) is 19.9. The summed E-state index contributed by atoms with van der Waals surface area (Å²) in [5.74, 6) is 0.0199. The van der Waals surface area contributed by atoms with Crippen LogP contribution in [0.1, 0.15) is 55.6 Å². The molecule has 6 heteroatoms. The summed E-state index contributed by atoms with van der Waals surface area (Å²) in [5, 5.41) is 3.00. The van der Waals surface area contributed by atoms with Crippen molar-refractivity contribution in [2.75, 3.05) is 10.5 Å². The first-order valence-electron chi connectivity index (χ1n) is 9.27. The Bertz CT molecular complexity index is 849. The molecule has 0 aliphatic rings. The van der Waals surface area contributed by atoms with Crippen molar-refractivity contribution in [2.24, 2.45) is 5.92 Å². The molecule has 27 heavy (non-hydrogen) atoms. The Balaban J connectivity index is 2.17. The first kappa shape index (κ1) is 21.0. The number of sulfonamides is 1. The number of carbonyl (C=O) groups is 1. The van der Waals surface area contributed by atoms with Gasteiger partial charge in [-0.15, -0.1) is 0 Å². The fourth-order valence-corrected chi connectivity index (χ4v) is 4.12. The van der Waals surface area contributed by atoms with Gasteiger partial charge in [0.25, 0.3) is 5.91 Å². The highest BCUT2D eigenvalue weighted by Gasteiger charge is 2.19. The van der Waals surface area contributed by atoms with Crippen molar-refractivity contribution in [2.45, 2.75) is 39.7 Å². The second-order valence-electron chi connectivity index (χ2n) is 6.99. The number of carbonyl (C=O) groups excluding carboxylic acids is 1. The summed E-state index contributed by atoms with van der Waals surface area (Å²) in [7, 11) is -3.50. The molecular formula is C21H28N2O3S. The molecule has 0 saturated carbocycles. The lowest BCUT2D eigenvalue weighted by molar-refractivity contribution is 0.0936. The third-order valence-electron chi connectivity index (χ3n) is 4.32. The highest BCUT2D eigenvalue weighted by molar-refractivity contribution is 7.92. The van der Waals surface area contributed by atoms with Crippen LogP contribution in [0, 0.1) is 5.92 Å². The van der Waals surface area contributed by atoms with Crippen LogP contribution in [0.3, 0.4) is 0 Å². The highest BCUT2D eigenvalue weighted by Crippen LogP contribution is 2.21. The summed E-state index contributed by atoms with van der Waals surface area (Å²) in [5.41, 5.74) is 1.64. The van der Waals surface area contributed by atoms with E-state index in [1.54, 1.807) is 24.3 Å². The van der Waals surface area contributed by atoms with E-state index >= 15 is 0 Å². The van der Waals surface area contributed by atoms with E-state index < -0.39 is 10.0 Å². The highest BCUT2D eigenvalue weighted by atomic mass is 32.2. The Labute approximate surface area is 162 Å². The van der Waals surface area contributed by atoms with E-state index in [0.29, 0.717) is 17.7 Å². The van der Waals surface area contributed by atoms with E-state index in [9.17, 15) is 13.2 Å². The summed E-state index contributed by atoms with van der Waals surface area (Å²) in [6.07, 6.45) is 1.30. The maximum absolute atomic E-state index is 12.8. The molecular weight excluding hydrogens is 360 g/mol. The number of rotatable bonds is 9. The van der Waals surface area contributed by atoms with Crippen molar-refractivity contribution in [3.05, 3.63) is 65.7 Å². The SMILES string of the molecule is CC[C@H](NC(=O)c1ccccc1NS(=O)(=O)CCC(C)C)c1ccccc1. The van der Waals surface area contributed by atoms with Crippen molar-refractivity contribution in [3.8, 4) is 0 Å². The fraction of sp³-hybridized carbons (Fsp3) is 0.381. The van der Waals surface area contributed by atoms with Gasteiger partial charge in [0, 0.05) is 0 Å². The molecule has 146 valence electrons. The largest absolute Gasteiger partial charge is 0.345 e. The molecule has 0 aliphatic heterocycles. The summed E-state index contributed by atoms with van der Waals surface area (Å²) in [6, 6.07) is 16.3. The smallest absolute Gasteiger partial charge is 0.253 e. The van der Waals surface area contributed by atoms with Crippen molar-refractivity contribution in [3.63, 3.8) is 0 Å². The molecule has 0 radical (unpaired) electrons. The van der Waals surface area contributed by atoms with Crippen LogP contribution >= 0.6 is 0 Å². The zero-order valence-electron chi connectivity index (χ0n) is 16.1. The topological polar surface area (TPSA) is 75.3 Å².